The molecule has 3 unspecified atom stereocenters. The Balaban J connectivity index is 1.31. The second kappa shape index (κ2) is 12.1. The molecule has 0 spiro atoms. The van der Waals surface area contributed by atoms with Crippen LogP contribution in [0, 0.1) is 46.3 Å². The van der Waals surface area contributed by atoms with Crippen LogP contribution in [0.3, 0.4) is 0 Å². The van der Waals surface area contributed by atoms with Gasteiger partial charge in [-0.15, -0.1) is 4.83 Å². The summed E-state index contributed by atoms with van der Waals surface area (Å²) in [6.07, 6.45) is 10.1. The summed E-state index contributed by atoms with van der Waals surface area (Å²) in [5.41, 5.74) is 3.55. The van der Waals surface area contributed by atoms with Crippen LogP contribution in [-0.2, 0) is 10.0 Å². The molecule has 0 saturated heterocycles. The van der Waals surface area contributed by atoms with Crippen molar-refractivity contribution in [3.63, 3.8) is 0 Å². The van der Waals surface area contributed by atoms with E-state index in [1.165, 1.54) is 25.7 Å². The first-order chi connectivity index (χ1) is 21.6. The number of benzene rings is 2. The number of hydrogen-bond donors (Lipinski definition) is 4. The number of aliphatic hydroxyl groups excluding tert-OH is 1. The van der Waals surface area contributed by atoms with Crippen LogP contribution in [0.25, 0.3) is 10.8 Å². The first-order valence-corrected chi connectivity index (χ1v) is 19.2. The molecule has 0 bridgehead atoms. The smallest absolute Gasteiger partial charge is 0.257 e. The maximum atomic E-state index is 13.6. The highest BCUT2D eigenvalue weighted by molar-refractivity contribution is 7.89. The number of hydrogen-bond acceptors (Lipinski definition) is 6. The van der Waals surface area contributed by atoms with Crippen molar-refractivity contribution in [2.45, 2.75) is 109 Å². The van der Waals surface area contributed by atoms with E-state index in [0.717, 1.165) is 41.3 Å². The van der Waals surface area contributed by atoms with Gasteiger partial charge in [0.1, 0.15) is 0 Å². The predicted molar refractivity (Wildman–Crippen MR) is 187 cm³/mol. The van der Waals surface area contributed by atoms with Gasteiger partial charge in [-0.05, 0) is 109 Å². The summed E-state index contributed by atoms with van der Waals surface area (Å²) in [5, 5.41) is 25.4. The van der Waals surface area contributed by atoms with Crippen LogP contribution in [0.5, 0.6) is 0 Å². The first kappa shape index (κ1) is 33.8. The van der Waals surface area contributed by atoms with Crippen LogP contribution >= 0.6 is 0 Å². The Morgan fingerprint density at radius 2 is 1.76 bits per heavy atom. The lowest BCUT2D eigenvalue weighted by molar-refractivity contribution is -0.122. The summed E-state index contributed by atoms with van der Waals surface area (Å²) in [5.74, 6) is 2.91. The predicted octanol–water partition coefficient (Wildman–Crippen LogP) is 7.00. The SMILES string of the molecule is CC(C)CC[C@@H](C)[C@H]1CCC2C3C(=CNNS(=O)(=O)c4ccc5c(N(C)C)cccc5c4)[C@]4(O)C[C@@H](O)CC[C@]4(C)C3CC[C@@]21C. The summed E-state index contributed by atoms with van der Waals surface area (Å²) < 4.78 is 27.1. The van der Waals surface area contributed by atoms with Crippen molar-refractivity contribution in [3.05, 3.63) is 48.2 Å². The van der Waals surface area contributed by atoms with E-state index in [1.807, 2.05) is 43.3 Å². The Hall–Kier alpha value is -2.13. The van der Waals surface area contributed by atoms with E-state index in [9.17, 15) is 18.6 Å². The minimum absolute atomic E-state index is 0.156. The number of anilines is 1. The minimum Gasteiger partial charge on any atom is -0.393 e. The second-order valence-corrected chi connectivity index (χ2v) is 18.2. The van der Waals surface area contributed by atoms with E-state index in [4.69, 9.17) is 0 Å². The lowest BCUT2D eigenvalue weighted by Crippen LogP contribution is -2.52. The van der Waals surface area contributed by atoms with Crippen molar-refractivity contribution >= 4 is 26.5 Å². The molecule has 2 aromatic rings. The molecule has 0 heterocycles. The molecule has 9 atom stereocenters. The van der Waals surface area contributed by atoms with Gasteiger partial charge in [-0.3, -0.25) is 0 Å². The zero-order chi connectivity index (χ0) is 33.2. The fraction of sp³-hybridized carbons (Fsp3) is 0.684. The summed E-state index contributed by atoms with van der Waals surface area (Å²) in [4.78, 5) is 4.82. The van der Waals surface area contributed by atoms with Gasteiger partial charge in [0.15, 0.2) is 0 Å². The van der Waals surface area contributed by atoms with Gasteiger partial charge in [0.25, 0.3) is 10.0 Å². The van der Waals surface area contributed by atoms with E-state index in [1.54, 1.807) is 18.3 Å². The fourth-order valence-electron chi connectivity index (χ4n) is 10.9. The minimum atomic E-state index is -3.89. The molecule has 7 nitrogen and oxygen atoms in total. The molecule has 6 rings (SSSR count). The van der Waals surface area contributed by atoms with Gasteiger partial charge in [0, 0.05) is 43.2 Å². The number of sulfonamides is 1. The summed E-state index contributed by atoms with van der Waals surface area (Å²) in [6.45, 7) is 11.8. The van der Waals surface area contributed by atoms with Crippen molar-refractivity contribution < 1.29 is 18.6 Å². The molecule has 0 radical (unpaired) electrons. The summed E-state index contributed by atoms with van der Waals surface area (Å²) in [7, 11) is 0.0587. The molecule has 8 heteroatoms. The molecular formula is C38H57N3O4S. The molecule has 46 heavy (non-hydrogen) atoms. The maximum absolute atomic E-state index is 13.6. The molecule has 254 valence electrons. The van der Waals surface area contributed by atoms with E-state index in [-0.39, 0.29) is 21.6 Å². The summed E-state index contributed by atoms with van der Waals surface area (Å²) >= 11 is 0. The Morgan fingerprint density at radius 1 is 1.00 bits per heavy atom. The average Bonchev–Trinajstić information content (AvgIpc) is 3.44. The Kier molecular flexibility index (Phi) is 8.87. The first-order valence-electron chi connectivity index (χ1n) is 17.7. The van der Waals surface area contributed by atoms with Crippen LogP contribution in [0.2, 0.25) is 0 Å². The second-order valence-electron chi connectivity index (χ2n) is 16.5. The van der Waals surface area contributed by atoms with Crippen molar-refractivity contribution in [1.82, 2.24) is 10.3 Å². The highest BCUT2D eigenvalue weighted by Gasteiger charge is 2.70. The van der Waals surface area contributed by atoms with Crippen molar-refractivity contribution in [2.24, 2.45) is 46.3 Å². The number of nitrogens with zero attached hydrogens (tertiary/aromatic N) is 1. The molecular weight excluding hydrogens is 595 g/mol. The van der Waals surface area contributed by atoms with Gasteiger partial charge >= 0.3 is 0 Å². The molecule has 0 aromatic heterocycles. The lowest BCUT2D eigenvalue weighted by Gasteiger charge is -2.52. The van der Waals surface area contributed by atoms with Crippen LogP contribution in [0.4, 0.5) is 5.69 Å². The molecule has 4 aliphatic carbocycles. The standard InChI is InChI=1S/C38H57N3O4S/c1-24(2)11-12-25(3)30-15-16-31-35-32(18-19-36(30,31)4)37(5)20-17-27(42)22-38(37,43)33(35)23-39-40-46(44,45)28-13-14-29-26(21-28)9-8-10-34(29)41(6)7/h8-10,13-14,21,23-25,27,30-32,35,39-40,42-43H,11-12,15-20,22H2,1-7H3/t25-,27+,30-,31?,32?,35?,36-,37-,38-/m1/s1. The topological polar surface area (TPSA) is 102 Å². The summed E-state index contributed by atoms with van der Waals surface area (Å²) in [6, 6.07) is 11.1. The lowest BCUT2D eigenvalue weighted by atomic mass is 9.53. The van der Waals surface area contributed by atoms with E-state index >= 15 is 0 Å². The molecule has 0 aliphatic heterocycles. The Morgan fingerprint density at radius 3 is 2.48 bits per heavy atom. The number of rotatable bonds is 9. The maximum Gasteiger partial charge on any atom is 0.257 e. The molecule has 0 amide bonds. The fourth-order valence-corrected chi connectivity index (χ4v) is 11.7. The number of aliphatic hydroxyl groups is 2. The van der Waals surface area contributed by atoms with E-state index < -0.39 is 21.7 Å². The van der Waals surface area contributed by atoms with Gasteiger partial charge in [-0.1, -0.05) is 65.7 Å². The average molecular weight is 652 g/mol. The molecule has 2 aromatic carbocycles. The molecule has 4 N–H and O–H groups in total. The Labute approximate surface area is 277 Å². The zero-order valence-electron chi connectivity index (χ0n) is 29.0. The third-order valence-corrected chi connectivity index (χ3v) is 14.7. The normalized spacial score (nSPS) is 37.3. The van der Waals surface area contributed by atoms with E-state index in [0.29, 0.717) is 42.4 Å². The largest absolute Gasteiger partial charge is 0.393 e. The van der Waals surface area contributed by atoms with Crippen molar-refractivity contribution in [3.8, 4) is 0 Å². The highest BCUT2D eigenvalue weighted by Crippen LogP contribution is 2.73. The third kappa shape index (κ3) is 5.39. The van der Waals surface area contributed by atoms with Crippen LogP contribution in [-0.4, -0.2) is 44.4 Å². The van der Waals surface area contributed by atoms with Crippen molar-refractivity contribution in [2.75, 3.05) is 19.0 Å². The van der Waals surface area contributed by atoms with Gasteiger partial charge < -0.3 is 20.5 Å². The number of hydrazine groups is 1. The molecule has 4 fully saturated rings. The van der Waals surface area contributed by atoms with Crippen LogP contribution in [0.1, 0.15) is 92.4 Å². The van der Waals surface area contributed by atoms with E-state index in [2.05, 4.69) is 44.9 Å². The van der Waals surface area contributed by atoms with Gasteiger partial charge in [-0.25, -0.2) is 8.42 Å². The quantitative estimate of drug-likeness (QED) is 0.218. The number of nitrogens with one attached hydrogen (secondary N) is 2. The monoisotopic (exact) mass is 651 g/mol. The molecule has 4 aliphatic rings. The zero-order valence-corrected chi connectivity index (χ0v) is 29.8. The Bertz CT molecular complexity index is 1590. The number of fused-ring (bicyclic) bond motifs is 6. The van der Waals surface area contributed by atoms with Gasteiger partial charge in [0.05, 0.1) is 16.6 Å². The van der Waals surface area contributed by atoms with Crippen LogP contribution in [0.15, 0.2) is 53.1 Å². The van der Waals surface area contributed by atoms with Gasteiger partial charge in [-0.2, -0.15) is 0 Å². The van der Waals surface area contributed by atoms with Gasteiger partial charge in [0.2, 0.25) is 0 Å². The third-order valence-electron chi connectivity index (χ3n) is 13.4. The van der Waals surface area contributed by atoms with Crippen molar-refractivity contribution in [1.29, 1.82) is 0 Å². The van der Waals surface area contributed by atoms with Crippen LogP contribution < -0.4 is 15.2 Å². The molecule has 4 saturated carbocycles. The highest BCUT2D eigenvalue weighted by atomic mass is 32.2.